The van der Waals surface area contributed by atoms with Crippen molar-refractivity contribution in [2.45, 2.75) is 5.16 Å². The second kappa shape index (κ2) is 4.62. The van der Waals surface area contributed by atoms with E-state index in [1.54, 1.807) is 18.7 Å². The highest BCUT2D eigenvalue weighted by atomic mass is 32.2. The molecule has 98 valence electrons. The highest BCUT2D eigenvalue weighted by molar-refractivity contribution is 7.99. The Morgan fingerprint density at radius 1 is 1.17 bits per heavy atom. The van der Waals surface area contributed by atoms with Crippen LogP contribution in [-0.4, -0.2) is 31.0 Å². The molecule has 0 unspecified atom stereocenters. The van der Waals surface area contributed by atoms with Crippen LogP contribution in [0, 0.1) is 0 Å². The number of hydrogen-bond donors (Lipinski definition) is 1. The summed E-state index contributed by atoms with van der Waals surface area (Å²) in [7, 11) is 4.86. The van der Waals surface area contributed by atoms with Gasteiger partial charge in [-0.25, -0.2) is 9.78 Å². The zero-order valence-electron chi connectivity index (χ0n) is 10.5. The molecule has 0 atom stereocenters. The van der Waals surface area contributed by atoms with E-state index in [0.29, 0.717) is 28.6 Å². The van der Waals surface area contributed by atoms with Crippen LogP contribution in [0.4, 0.5) is 0 Å². The summed E-state index contributed by atoms with van der Waals surface area (Å²) in [6.07, 6.45) is 0. The van der Waals surface area contributed by atoms with Gasteiger partial charge in [-0.15, -0.1) is 0 Å². The zero-order valence-corrected chi connectivity index (χ0v) is 11.3. The molecule has 0 radical (unpaired) electrons. The van der Waals surface area contributed by atoms with Gasteiger partial charge in [0.15, 0.2) is 16.3 Å². The van der Waals surface area contributed by atoms with Gasteiger partial charge in [0.1, 0.15) is 0 Å². The molecule has 0 aliphatic heterocycles. The molecular weight excluding hydrogens is 254 g/mol. The van der Waals surface area contributed by atoms with Gasteiger partial charge in [-0.05, 0) is 0 Å². The topological polar surface area (TPSA) is 87.8 Å². The predicted molar refractivity (Wildman–Crippen MR) is 71.0 cm³/mol. The summed E-state index contributed by atoms with van der Waals surface area (Å²) >= 11 is 1.47. The monoisotopic (exact) mass is 269 g/mol. The first-order valence-corrected chi connectivity index (χ1v) is 6.43. The summed E-state index contributed by atoms with van der Waals surface area (Å²) in [6.45, 7) is 0.533. The Morgan fingerprint density at radius 3 is 2.44 bits per heavy atom. The normalized spacial score (nSPS) is 11.3. The Hall–Kier alpha value is -1.54. The lowest BCUT2D eigenvalue weighted by Gasteiger charge is -2.05. The van der Waals surface area contributed by atoms with Crippen molar-refractivity contribution in [3.63, 3.8) is 0 Å². The number of rotatable bonds is 3. The quantitative estimate of drug-likeness (QED) is 0.724. The van der Waals surface area contributed by atoms with Gasteiger partial charge in [0.2, 0.25) is 0 Å². The molecule has 2 aromatic rings. The van der Waals surface area contributed by atoms with E-state index in [2.05, 4.69) is 4.98 Å². The minimum absolute atomic E-state index is 0.307. The molecule has 2 aromatic heterocycles. The highest BCUT2D eigenvalue weighted by Crippen LogP contribution is 2.19. The maximum atomic E-state index is 12.0. The zero-order chi connectivity index (χ0) is 13.4. The molecule has 0 saturated heterocycles. The van der Waals surface area contributed by atoms with Crippen molar-refractivity contribution in [3.05, 3.63) is 20.8 Å². The number of aromatic nitrogens is 4. The van der Waals surface area contributed by atoms with E-state index in [1.807, 2.05) is 0 Å². The van der Waals surface area contributed by atoms with E-state index >= 15 is 0 Å². The van der Waals surface area contributed by atoms with Gasteiger partial charge in [-0.2, -0.15) is 0 Å². The molecule has 0 bridgehead atoms. The Kier molecular flexibility index (Phi) is 3.31. The van der Waals surface area contributed by atoms with Crippen molar-refractivity contribution in [1.82, 2.24) is 18.7 Å². The van der Waals surface area contributed by atoms with Crippen LogP contribution in [0.1, 0.15) is 0 Å². The van der Waals surface area contributed by atoms with E-state index in [0.717, 1.165) is 4.57 Å². The van der Waals surface area contributed by atoms with Gasteiger partial charge in [-0.1, -0.05) is 11.8 Å². The third kappa shape index (κ3) is 1.77. The molecule has 0 saturated carbocycles. The maximum Gasteiger partial charge on any atom is 0.332 e. The van der Waals surface area contributed by atoms with Crippen LogP contribution >= 0.6 is 11.8 Å². The molecular formula is C10H15N5O2S. The average Bonchev–Trinajstić information content (AvgIpc) is 2.69. The SMILES string of the molecule is Cn1c(=O)c2nc(SCCN)n(C)c2n(C)c1=O. The van der Waals surface area contributed by atoms with Crippen molar-refractivity contribution in [1.29, 1.82) is 0 Å². The third-order valence-corrected chi connectivity index (χ3v) is 3.83. The van der Waals surface area contributed by atoms with Crippen LogP contribution in [0.2, 0.25) is 0 Å². The number of nitrogens with two attached hydrogens (primary N) is 1. The second-order valence-corrected chi connectivity index (χ2v) is 5.03. The second-order valence-electron chi connectivity index (χ2n) is 3.97. The highest BCUT2D eigenvalue weighted by Gasteiger charge is 2.16. The molecule has 7 nitrogen and oxygen atoms in total. The van der Waals surface area contributed by atoms with Crippen molar-refractivity contribution >= 4 is 22.9 Å². The summed E-state index contributed by atoms with van der Waals surface area (Å²) in [4.78, 5) is 28.1. The number of hydrogen-bond acceptors (Lipinski definition) is 5. The minimum atomic E-state index is -0.372. The van der Waals surface area contributed by atoms with Gasteiger partial charge in [0.25, 0.3) is 5.56 Å². The van der Waals surface area contributed by atoms with E-state index in [9.17, 15) is 9.59 Å². The molecule has 0 amide bonds. The summed E-state index contributed by atoms with van der Waals surface area (Å²) in [5.41, 5.74) is 5.56. The molecule has 0 spiro atoms. The number of fused-ring (bicyclic) bond motifs is 1. The van der Waals surface area contributed by atoms with Crippen LogP contribution < -0.4 is 17.0 Å². The van der Waals surface area contributed by atoms with E-state index in [-0.39, 0.29) is 11.2 Å². The van der Waals surface area contributed by atoms with Gasteiger partial charge >= 0.3 is 5.69 Å². The lowest BCUT2D eigenvalue weighted by Crippen LogP contribution is -2.37. The molecule has 0 fully saturated rings. The smallest absolute Gasteiger partial charge is 0.330 e. The Bertz CT molecular complexity index is 712. The van der Waals surface area contributed by atoms with Crippen LogP contribution in [0.5, 0.6) is 0 Å². The molecule has 0 aliphatic carbocycles. The van der Waals surface area contributed by atoms with Gasteiger partial charge in [0, 0.05) is 33.4 Å². The lowest BCUT2D eigenvalue weighted by molar-refractivity contribution is 0.690. The fourth-order valence-corrected chi connectivity index (χ4v) is 2.57. The van der Waals surface area contributed by atoms with E-state index in [4.69, 9.17) is 5.73 Å². The standard InChI is InChI=1S/C10H15N5O2S/c1-13-7-6(12-9(13)18-5-4-11)8(16)15(3)10(17)14(7)2/h4-5,11H2,1-3H3. The van der Waals surface area contributed by atoms with Gasteiger partial charge < -0.3 is 10.3 Å². The van der Waals surface area contributed by atoms with Crippen LogP contribution in [-0.2, 0) is 21.1 Å². The molecule has 8 heteroatoms. The predicted octanol–water partition coefficient (Wildman–Crippen LogP) is -0.978. The van der Waals surface area contributed by atoms with Crippen molar-refractivity contribution in [3.8, 4) is 0 Å². The number of nitrogens with zero attached hydrogens (tertiary/aromatic N) is 4. The van der Waals surface area contributed by atoms with Crippen LogP contribution in [0.15, 0.2) is 14.7 Å². The van der Waals surface area contributed by atoms with Crippen molar-refractivity contribution < 1.29 is 0 Å². The largest absolute Gasteiger partial charge is 0.332 e. The lowest BCUT2D eigenvalue weighted by atomic mass is 10.5. The average molecular weight is 269 g/mol. The fourth-order valence-electron chi connectivity index (χ4n) is 1.84. The molecule has 0 aromatic carbocycles. The fraction of sp³-hybridized carbons (Fsp3) is 0.500. The molecule has 2 N–H and O–H groups in total. The molecule has 2 heterocycles. The van der Waals surface area contributed by atoms with Crippen molar-refractivity contribution in [2.75, 3.05) is 12.3 Å². The molecule has 0 aliphatic rings. The summed E-state index contributed by atoms with van der Waals surface area (Å²) in [5.74, 6) is 0.714. The Balaban J connectivity index is 2.80. The van der Waals surface area contributed by atoms with Crippen molar-refractivity contribution in [2.24, 2.45) is 26.9 Å². The van der Waals surface area contributed by atoms with E-state index in [1.165, 1.54) is 23.4 Å². The van der Waals surface area contributed by atoms with Gasteiger partial charge in [0.05, 0.1) is 0 Å². The Labute approximate surface area is 107 Å². The minimum Gasteiger partial charge on any atom is -0.330 e. The number of thioether (sulfide) groups is 1. The Morgan fingerprint density at radius 2 is 1.83 bits per heavy atom. The summed E-state index contributed by atoms with van der Waals surface area (Å²) < 4.78 is 4.24. The van der Waals surface area contributed by atoms with Gasteiger partial charge in [-0.3, -0.25) is 13.9 Å². The third-order valence-electron chi connectivity index (χ3n) is 2.77. The summed E-state index contributed by atoms with van der Waals surface area (Å²) in [5, 5.41) is 0.689. The first-order valence-electron chi connectivity index (χ1n) is 5.44. The van der Waals surface area contributed by atoms with Crippen LogP contribution in [0.3, 0.4) is 0 Å². The first kappa shape index (κ1) is 12.9. The molecule has 18 heavy (non-hydrogen) atoms. The van der Waals surface area contributed by atoms with E-state index < -0.39 is 0 Å². The van der Waals surface area contributed by atoms with Crippen LogP contribution in [0.25, 0.3) is 11.2 Å². The number of aryl methyl sites for hydroxylation is 2. The summed E-state index contributed by atoms with van der Waals surface area (Å²) in [6, 6.07) is 0. The molecule has 2 rings (SSSR count). The first-order chi connectivity index (χ1) is 8.49. The number of imidazole rings is 1. The maximum absolute atomic E-state index is 12.0.